The second-order valence-corrected chi connectivity index (χ2v) is 10.1. The van der Waals surface area contributed by atoms with Crippen LogP contribution in [0.2, 0.25) is 5.02 Å². The number of benzene rings is 2. The van der Waals surface area contributed by atoms with E-state index in [0.29, 0.717) is 16.4 Å². The number of hydrazine groups is 1. The number of hydrogen-bond acceptors (Lipinski definition) is 7. The highest BCUT2D eigenvalue weighted by Gasteiger charge is 2.38. The fraction of sp³-hybridized carbons (Fsp3) is 0.345. The Kier molecular flexibility index (Phi) is 11.6. The van der Waals surface area contributed by atoms with Crippen LogP contribution in [0.15, 0.2) is 60.8 Å². The van der Waals surface area contributed by atoms with Gasteiger partial charge in [-0.15, -0.1) is 0 Å². The summed E-state index contributed by atoms with van der Waals surface area (Å²) < 4.78 is 31.7. The van der Waals surface area contributed by atoms with Crippen LogP contribution >= 0.6 is 11.6 Å². The summed E-state index contributed by atoms with van der Waals surface area (Å²) in [4.78, 5) is 32.5. The number of hydrogen-bond donors (Lipinski definition) is 2. The second-order valence-electron chi connectivity index (χ2n) is 9.70. The number of aliphatic carboxylic acids is 1. The number of anilines is 1. The Morgan fingerprint density at radius 2 is 1.71 bits per heavy atom. The van der Waals surface area contributed by atoms with Gasteiger partial charge in [0.05, 0.1) is 12.2 Å². The number of aromatic nitrogens is 2. The molecule has 1 saturated carbocycles. The number of alkyl halides is 3. The molecule has 0 spiro atoms. The lowest BCUT2D eigenvalue weighted by atomic mass is 10.1. The van der Waals surface area contributed by atoms with E-state index in [1.807, 2.05) is 36.4 Å². The van der Waals surface area contributed by atoms with Gasteiger partial charge in [-0.1, -0.05) is 66.9 Å². The molecule has 1 aliphatic carbocycles. The molecule has 1 aliphatic rings. The van der Waals surface area contributed by atoms with E-state index in [4.69, 9.17) is 21.5 Å². The SMILES string of the molecule is CN(CCc1ccccc1)Cc1ccc(C(=O)NN(c2nc(C#N)ncc2Cl)C2CCCC2)cc1.O=C(O)C(F)(F)F. The molecule has 1 fully saturated rings. The number of carbonyl (C=O) groups excluding carboxylic acids is 1. The van der Waals surface area contributed by atoms with Gasteiger partial charge in [0.1, 0.15) is 11.1 Å². The molecule has 4 rings (SSSR count). The van der Waals surface area contributed by atoms with Gasteiger partial charge in [0.25, 0.3) is 5.91 Å². The van der Waals surface area contributed by atoms with Gasteiger partial charge in [0.2, 0.25) is 5.82 Å². The number of nitrogens with zero attached hydrogens (tertiary/aromatic N) is 5. The number of nitrogens with one attached hydrogen (secondary N) is 1. The zero-order valence-corrected chi connectivity index (χ0v) is 23.6. The second kappa shape index (κ2) is 15.1. The van der Waals surface area contributed by atoms with Crippen LogP contribution in [0.25, 0.3) is 0 Å². The first-order valence-electron chi connectivity index (χ1n) is 13.1. The van der Waals surface area contributed by atoms with E-state index in [2.05, 4.69) is 51.6 Å². The molecule has 222 valence electrons. The van der Waals surface area contributed by atoms with Crippen molar-refractivity contribution in [3.63, 3.8) is 0 Å². The summed E-state index contributed by atoms with van der Waals surface area (Å²) in [6.45, 7) is 1.75. The van der Waals surface area contributed by atoms with Crippen LogP contribution in [0, 0.1) is 11.3 Å². The summed E-state index contributed by atoms with van der Waals surface area (Å²) in [5.74, 6) is -2.63. The first kappa shape index (κ1) is 32.3. The van der Waals surface area contributed by atoms with E-state index in [0.717, 1.165) is 50.8 Å². The van der Waals surface area contributed by atoms with Crippen LogP contribution in [0.5, 0.6) is 0 Å². The molecule has 42 heavy (non-hydrogen) atoms. The molecule has 0 saturated heterocycles. The highest BCUT2D eigenvalue weighted by atomic mass is 35.5. The lowest BCUT2D eigenvalue weighted by Crippen LogP contribution is -2.48. The maximum absolute atomic E-state index is 13.1. The zero-order chi connectivity index (χ0) is 30.7. The molecule has 13 heteroatoms. The monoisotopic (exact) mass is 602 g/mol. The van der Waals surface area contributed by atoms with Gasteiger partial charge < -0.3 is 10.0 Å². The Balaban J connectivity index is 0.000000616. The van der Waals surface area contributed by atoms with Crippen LogP contribution in [0.4, 0.5) is 19.0 Å². The standard InChI is InChI=1S/C27H29ClN6O.C2HF3O2/c1-33(16-15-20-7-3-2-4-8-20)19-21-11-13-22(14-12-21)27(35)32-34(23-9-5-6-10-23)26-24(28)18-30-25(17-29)31-26;3-2(4,5)1(6)7/h2-4,7-8,11-14,18,23H,5-6,9-10,15-16,19H2,1H3,(H,32,35);(H,6,7). The maximum atomic E-state index is 13.1. The third kappa shape index (κ3) is 9.71. The van der Waals surface area contributed by atoms with Crippen molar-refractivity contribution in [1.82, 2.24) is 20.3 Å². The number of amides is 1. The number of carboxylic acid groups (broad SMARTS) is 1. The summed E-state index contributed by atoms with van der Waals surface area (Å²) in [5, 5.41) is 18.3. The van der Waals surface area contributed by atoms with Crippen molar-refractivity contribution >= 4 is 29.3 Å². The van der Waals surface area contributed by atoms with Gasteiger partial charge >= 0.3 is 12.1 Å². The Bertz CT molecular complexity index is 1380. The predicted octanol–water partition coefficient (Wildman–Crippen LogP) is 5.40. The number of rotatable bonds is 9. The molecular weight excluding hydrogens is 573 g/mol. The Morgan fingerprint density at radius 1 is 1.10 bits per heavy atom. The topological polar surface area (TPSA) is 122 Å². The van der Waals surface area contributed by atoms with E-state index >= 15 is 0 Å². The summed E-state index contributed by atoms with van der Waals surface area (Å²) in [6.07, 6.45) is 1.27. The summed E-state index contributed by atoms with van der Waals surface area (Å²) in [7, 11) is 2.10. The quantitative estimate of drug-likeness (QED) is 0.312. The molecule has 2 aromatic carbocycles. The van der Waals surface area contributed by atoms with Gasteiger partial charge in [-0.2, -0.15) is 23.4 Å². The van der Waals surface area contributed by atoms with Gasteiger partial charge in [-0.3, -0.25) is 15.2 Å². The Morgan fingerprint density at radius 3 is 2.29 bits per heavy atom. The van der Waals surface area contributed by atoms with E-state index in [1.54, 1.807) is 5.01 Å². The molecule has 0 bridgehead atoms. The first-order chi connectivity index (χ1) is 20.0. The van der Waals surface area contributed by atoms with Crippen LogP contribution in [-0.4, -0.2) is 57.7 Å². The summed E-state index contributed by atoms with van der Waals surface area (Å²) >= 11 is 6.36. The third-order valence-electron chi connectivity index (χ3n) is 6.50. The summed E-state index contributed by atoms with van der Waals surface area (Å²) in [5.41, 5.74) is 6.00. The average Bonchev–Trinajstić information content (AvgIpc) is 3.51. The highest BCUT2D eigenvalue weighted by Crippen LogP contribution is 2.30. The zero-order valence-electron chi connectivity index (χ0n) is 22.8. The molecule has 1 heterocycles. The summed E-state index contributed by atoms with van der Waals surface area (Å²) in [6, 6.07) is 20.1. The third-order valence-corrected chi connectivity index (χ3v) is 6.77. The van der Waals surface area contributed by atoms with Crippen LogP contribution in [0.3, 0.4) is 0 Å². The van der Waals surface area contributed by atoms with Crippen LogP contribution in [0.1, 0.15) is 53.0 Å². The Hall–Kier alpha value is -4.21. The van der Waals surface area contributed by atoms with Crippen molar-refractivity contribution in [2.24, 2.45) is 0 Å². The van der Waals surface area contributed by atoms with Crippen molar-refractivity contribution in [3.05, 3.63) is 88.3 Å². The molecule has 1 amide bonds. The van der Waals surface area contributed by atoms with Crippen LogP contribution in [-0.2, 0) is 17.8 Å². The maximum Gasteiger partial charge on any atom is 0.490 e. The van der Waals surface area contributed by atoms with E-state index in [-0.39, 0.29) is 17.8 Å². The number of likely N-dealkylation sites (N-methyl/N-ethyl adjacent to an activating group) is 1. The van der Waals surface area contributed by atoms with Crippen molar-refractivity contribution in [3.8, 4) is 6.07 Å². The normalized spacial score (nSPS) is 13.2. The van der Waals surface area contributed by atoms with Gasteiger partial charge in [0.15, 0.2) is 5.82 Å². The van der Waals surface area contributed by atoms with E-state index in [9.17, 15) is 23.2 Å². The molecule has 0 radical (unpaired) electrons. The van der Waals surface area contributed by atoms with E-state index in [1.165, 1.54) is 11.8 Å². The highest BCUT2D eigenvalue weighted by molar-refractivity contribution is 6.32. The van der Waals surface area contributed by atoms with Crippen molar-refractivity contribution < 1.29 is 27.9 Å². The minimum absolute atomic E-state index is 0.0161. The molecule has 0 aliphatic heterocycles. The van der Waals surface area contributed by atoms with Gasteiger partial charge in [0, 0.05) is 18.7 Å². The van der Waals surface area contributed by atoms with E-state index < -0.39 is 12.1 Å². The molecule has 0 unspecified atom stereocenters. The molecule has 9 nitrogen and oxygen atoms in total. The predicted molar refractivity (Wildman–Crippen MR) is 151 cm³/mol. The fourth-order valence-electron chi connectivity index (χ4n) is 4.35. The first-order valence-corrected chi connectivity index (χ1v) is 13.5. The number of carbonyl (C=O) groups is 2. The average molecular weight is 603 g/mol. The minimum Gasteiger partial charge on any atom is -0.475 e. The lowest BCUT2D eigenvalue weighted by Gasteiger charge is -2.30. The Labute approximate surface area is 246 Å². The van der Waals surface area contributed by atoms with Crippen molar-refractivity contribution in [1.29, 1.82) is 5.26 Å². The number of carboxylic acids is 1. The van der Waals surface area contributed by atoms with Crippen LogP contribution < -0.4 is 10.4 Å². The van der Waals surface area contributed by atoms with Crippen molar-refractivity contribution in [2.75, 3.05) is 18.6 Å². The largest absolute Gasteiger partial charge is 0.490 e. The molecule has 3 aromatic rings. The number of nitriles is 1. The van der Waals surface area contributed by atoms with Crippen molar-refractivity contribution in [2.45, 2.75) is 50.9 Å². The molecule has 0 atom stereocenters. The molecule has 1 aromatic heterocycles. The fourth-order valence-corrected chi connectivity index (χ4v) is 4.53. The van der Waals surface area contributed by atoms with Gasteiger partial charge in [-0.25, -0.2) is 9.78 Å². The molecular formula is C29H30ClF3N6O3. The lowest BCUT2D eigenvalue weighted by molar-refractivity contribution is -0.192. The molecule has 2 N–H and O–H groups in total. The smallest absolute Gasteiger partial charge is 0.475 e. The minimum atomic E-state index is -5.08. The van der Waals surface area contributed by atoms with Gasteiger partial charge in [-0.05, 0) is 49.6 Å². The number of halogens is 4.